The van der Waals surface area contributed by atoms with Crippen LogP contribution in [0.15, 0.2) is 12.1 Å². The van der Waals surface area contributed by atoms with Crippen molar-refractivity contribution in [3.63, 3.8) is 0 Å². The van der Waals surface area contributed by atoms with E-state index in [1.165, 1.54) is 4.90 Å². The van der Waals surface area contributed by atoms with Crippen molar-refractivity contribution in [3.05, 3.63) is 12.1 Å². The average Bonchev–Trinajstić information content (AvgIpc) is 3.00. The number of anilines is 2. The van der Waals surface area contributed by atoms with Gasteiger partial charge in [-0.05, 0) is 52.2 Å². The van der Waals surface area contributed by atoms with Gasteiger partial charge in [0.15, 0.2) is 23.8 Å². The summed E-state index contributed by atoms with van der Waals surface area (Å²) < 4.78 is 16.5. The van der Waals surface area contributed by atoms with E-state index in [2.05, 4.69) is 15.6 Å². The first-order valence-corrected chi connectivity index (χ1v) is 10.2. The van der Waals surface area contributed by atoms with Crippen molar-refractivity contribution in [2.45, 2.75) is 63.3 Å². The molecule has 31 heavy (non-hydrogen) atoms. The number of carbonyl (C=O) groups excluding carboxylic acids is 3. The number of nitrogens with zero attached hydrogens (tertiary/aromatic N) is 2. The van der Waals surface area contributed by atoms with Crippen molar-refractivity contribution in [2.24, 2.45) is 5.73 Å². The van der Waals surface area contributed by atoms with Gasteiger partial charge in [0.25, 0.3) is 5.91 Å². The minimum atomic E-state index is -0.957. The van der Waals surface area contributed by atoms with E-state index in [1.807, 2.05) is 0 Å². The van der Waals surface area contributed by atoms with Crippen molar-refractivity contribution in [2.75, 3.05) is 23.4 Å². The predicted molar refractivity (Wildman–Crippen MR) is 110 cm³/mol. The number of amides is 3. The maximum absolute atomic E-state index is 12.8. The van der Waals surface area contributed by atoms with Crippen molar-refractivity contribution in [3.8, 4) is 5.75 Å². The van der Waals surface area contributed by atoms with Crippen LogP contribution in [-0.2, 0) is 14.3 Å². The second-order valence-corrected chi connectivity index (χ2v) is 9.11. The number of hydrogen-bond donors (Lipinski definition) is 3. The molecule has 0 radical (unpaired) electrons. The summed E-state index contributed by atoms with van der Waals surface area (Å²) in [4.78, 5) is 42.5. The molecule has 0 aromatic carbocycles. The molecule has 0 bridgehead atoms. The molecule has 11 nitrogen and oxygen atoms in total. The van der Waals surface area contributed by atoms with E-state index in [4.69, 9.17) is 19.9 Å². The summed E-state index contributed by atoms with van der Waals surface area (Å²) in [6.45, 7) is 5.42. The van der Waals surface area contributed by atoms with Crippen LogP contribution in [0, 0.1) is 0 Å². The lowest BCUT2D eigenvalue weighted by Gasteiger charge is -2.41. The molecule has 2 fully saturated rings. The Hall–Kier alpha value is -3.08. The molecule has 1 saturated carbocycles. The van der Waals surface area contributed by atoms with Crippen LogP contribution in [0.1, 0.15) is 40.0 Å². The molecule has 1 aromatic rings. The Balaban J connectivity index is 1.56. The fraction of sp³-hybridized carbons (Fsp3) is 0.600. The molecule has 1 spiro atoms. The van der Waals surface area contributed by atoms with Crippen molar-refractivity contribution in [1.29, 1.82) is 0 Å². The van der Waals surface area contributed by atoms with E-state index < -0.39 is 29.4 Å². The largest absolute Gasteiger partial charge is 0.480 e. The van der Waals surface area contributed by atoms with Crippen molar-refractivity contribution >= 4 is 29.7 Å². The molecule has 1 saturated heterocycles. The second kappa shape index (κ2) is 7.56. The van der Waals surface area contributed by atoms with Crippen LogP contribution in [0.25, 0.3) is 0 Å². The first-order chi connectivity index (χ1) is 14.5. The highest BCUT2D eigenvalue weighted by Crippen LogP contribution is 2.39. The number of fused-ring (bicyclic) bond motifs is 1. The highest BCUT2D eigenvalue weighted by Gasteiger charge is 2.54. The summed E-state index contributed by atoms with van der Waals surface area (Å²) in [7, 11) is 0. The minimum absolute atomic E-state index is 0.0822. The lowest BCUT2D eigenvalue weighted by atomic mass is 9.78. The number of alkyl carbamates (subject to hydrolysis) is 1. The number of ether oxygens (including phenoxy) is 3. The second-order valence-electron chi connectivity index (χ2n) is 9.11. The van der Waals surface area contributed by atoms with Gasteiger partial charge in [-0.25, -0.2) is 14.6 Å². The topological polar surface area (TPSA) is 145 Å². The highest BCUT2D eigenvalue weighted by atomic mass is 16.6. The minimum Gasteiger partial charge on any atom is -0.480 e. The van der Waals surface area contributed by atoms with Gasteiger partial charge in [0, 0.05) is 6.04 Å². The molecule has 3 amide bonds. The Kier molecular flexibility index (Phi) is 5.16. The molecule has 4 N–H and O–H groups in total. The molecule has 1 aromatic heterocycles. The van der Waals surface area contributed by atoms with Gasteiger partial charge in [0.1, 0.15) is 11.4 Å². The lowest BCUT2D eigenvalue weighted by molar-refractivity contribution is -0.118. The molecule has 1 aliphatic carbocycles. The van der Waals surface area contributed by atoms with Crippen LogP contribution in [0.2, 0.25) is 0 Å². The van der Waals surface area contributed by atoms with Crippen LogP contribution < -0.4 is 26.0 Å². The maximum Gasteiger partial charge on any atom is 0.416 e. The van der Waals surface area contributed by atoms with Gasteiger partial charge in [0.05, 0.1) is 12.6 Å². The van der Waals surface area contributed by atoms with Crippen molar-refractivity contribution < 1.29 is 28.6 Å². The summed E-state index contributed by atoms with van der Waals surface area (Å²) in [5.41, 5.74) is 4.52. The Morgan fingerprint density at radius 1 is 1.39 bits per heavy atom. The first kappa shape index (κ1) is 21.2. The van der Waals surface area contributed by atoms with Crippen LogP contribution in [0.4, 0.5) is 21.2 Å². The van der Waals surface area contributed by atoms with E-state index in [0.717, 1.165) is 0 Å². The summed E-state index contributed by atoms with van der Waals surface area (Å²) in [6.07, 6.45) is 0.410. The van der Waals surface area contributed by atoms with Gasteiger partial charge in [-0.2, -0.15) is 0 Å². The maximum atomic E-state index is 12.8. The highest BCUT2D eigenvalue weighted by molar-refractivity contribution is 5.95. The SMILES string of the molecule is CC(C)(C)OC(=O)N[C@@H]1C[C@@H](N)CC[C@]12CN(c1ccc3c(n1)NC(=O)CO3)C(=O)O2. The third-order valence-electron chi connectivity index (χ3n) is 5.48. The Morgan fingerprint density at radius 3 is 2.90 bits per heavy atom. The number of hydrogen-bond acceptors (Lipinski definition) is 8. The normalized spacial score (nSPS) is 27.8. The lowest BCUT2D eigenvalue weighted by Crippen LogP contribution is -2.60. The Labute approximate surface area is 179 Å². The standard InChI is InChI=1S/C20H27N5O6/c1-19(2,3)30-17(27)22-13-8-11(21)6-7-20(13)10-25(18(28)31-20)14-5-4-12-16(23-14)24-15(26)9-29-12/h4-5,11,13H,6-10,21H2,1-3H3,(H,22,27)(H,23,24,26)/t11-,13+,20-/m0/s1. The quantitative estimate of drug-likeness (QED) is 0.636. The predicted octanol–water partition coefficient (Wildman–Crippen LogP) is 1.51. The van der Waals surface area contributed by atoms with Gasteiger partial charge in [-0.15, -0.1) is 0 Å². The average molecular weight is 433 g/mol. The van der Waals surface area contributed by atoms with Crippen LogP contribution in [0.3, 0.4) is 0 Å². The summed E-state index contributed by atoms with van der Waals surface area (Å²) in [6, 6.07) is 2.62. The zero-order valence-electron chi connectivity index (χ0n) is 17.8. The van der Waals surface area contributed by atoms with E-state index in [1.54, 1.807) is 32.9 Å². The third kappa shape index (κ3) is 4.36. The third-order valence-corrected chi connectivity index (χ3v) is 5.48. The van der Waals surface area contributed by atoms with E-state index >= 15 is 0 Å². The number of pyridine rings is 1. The summed E-state index contributed by atoms with van der Waals surface area (Å²) in [5, 5.41) is 5.47. The van der Waals surface area contributed by atoms with Gasteiger partial charge in [-0.1, -0.05) is 0 Å². The number of nitrogens with one attached hydrogen (secondary N) is 2. The van der Waals surface area contributed by atoms with Crippen LogP contribution in [-0.4, -0.2) is 59.5 Å². The van der Waals surface area contributed by atoms with Crippen LogP contribution in [0.5, 0.6) is 5.75 Å². The smallest absolute Gasteiger partial charge is 0.416 e. The van der Waals surface area contributed by atoms with Crippen LogP contribution >= 0.6 is 0 Å². The monoisotopic (exact) mass is 433 g/mol. The molecule has 3 heterocycles. The molecule has 3 aliphatic rings. The number of aromatic nitrogens is 1. The van der Waals surface area contributed by atoms with Crippen molar-refractivity contribution in [1.82, 2.24) is 10.3 Å². The summed E-state index contributed by atoms with van der Waals surface area (Å²) >= 11 is 0. The molecule has 3 atom stereocenters. The first-order valence-electron chi connectivity index (χ1n) is 10.2. The molecule has 0 unspecified atom stereocenters. The zero-order chi connectivity index (χ0) is 22.4. The van der Waals surface area contributed by atoms with Gasteiger partial charge < -0.3 is 30.6 Å². The van der Waals surface area contributed by atoms with E-state index in [9.17, 15) is 14.4 Å². The molecular weight excluding hydrogens is 406 g/mol. The number of nitrogens with two attached hydrogens (primary N) is 1. The number of carbonyl (C=O) groups is 3. The molecule has 168 valence electrons. The Bertz CT molecular complexity index is 916. The van der Waals surface area contributed by atoms with Gasteiger partial charge in [-0.3, -0.25) is 9.69 Å². The molecule has 4 rings (SSSR count). The number of rotatable bonds is 2. The summed E-state index contributed by atoms with van der Waals surface area (Å²) in [5.74, 6) is 0.674. The van der Waals surface area contributed by atoms with E-state index in [-0.39, 0.29) is 30.9 Å². The van der Waals surface area contributed by atoms with E-state index in [0.29, 0.717) is 30.8 Å². The molecule has 2 aliphatic heterocycles. The fourth-order valence-electron chi connectivity index (χ4n) is 4.06. The molecule has 11 heteroatoms. The zero-order valence-corrected chi connectivity index (χ0v) is 17.8. The van der Waals surface area contributed by atoms with Gasteiger partial charge >= 0.3 is 12.2 Å². The molecular formula is C20H27N5O6. The Morgan fingerprint density at radius 2 is 2.16 bits per heavy atom. The fourth-order valence-corrected chi connectivity index (χ4v) is 4.06. The van der Waals surface area contributed by atoms with Gasteiger partial charge in [0.2, 0.25) is 0 Å².